The maximum atomic E-state index is 12.2. The van der Waals surface area contributed by atoms with E-state index in [-0.39, 0.29) is 18.4 Å². The molecule has 0 aromatic carbocycles. The minimum Gasteiger partial charge on any atom is -0.472 e. The zero-order valence-corrected chi connectivity index (χ0v) is 15.3. The van der Waals surface area contributed by atoms with Crippen molar-refractivity contribution >= 4 is 34.1 Å². The molecule has 0 atom stereocenters. The number of hydrogen-bond acceptors (Lipinski definition) is 8. The molecule has 2 N–H and O–H groups in total. The fraction of sp³-hybridized carbons (Fsp3) is 0.294. The number of carbonyl (C=O) groups excluding carboxylic acids is 2. The van der Waals surface area contributed by atoms with Gasteiger partial charge in [0.25, 0.3) is 5.91 Å². The average molecular weight is 387 g/mol. The largest absolute Gasteiger partial charge is 0.472 e. The number of nitrogens with zero attached hydrogens (tertiary/aromatic N) is 3. The van der Waals surface area contributed by atoms with Crippen LogP contribution in [0.1, 0.15) is 26.7 Å². The summed E-state index contributed by atoms with van der Waals surface area (Å²) < 4.78 is 9.85. The van der Waals surface area contributed by atoms with Crippen LogP contribution >= 0.6 is 11.3 Å². The van der Waals surface area contributed by atoms with Crippen molar-refractivity contribution < 1.29 is 18.5 Å². The van der Waals surface area contributed by atoms with E-state index in [1.807, 2.05) is 4.90 Å². The van der Waals surface area contributed by atoms with Crippen LogP contribution in [0.3, 0.4) is 0 Å². The number of nitrogens with one attached hydrogen (secondary N) is 2. The molecule has 3 aromatic heterocycles. The van der Waals surface area contributed by atoms with E-state index in [1.54, 1.807) is 19.1 Å². The average Bonchev–Trinajstić information content (AvgIpc) is 3.35. The number of furan rings is 1. The lowest BCUT2D eigenvalue weighted by Gasteiger charge is -2.24. The van der Waals surface area contributed by atoms with Gasteiger partial charge in [-0.2, -0.15) is 0 Å². The Morgan fingerprint density at radius 1 is 1.37 bits per heavy atom. The Morgan fingerprint density at radius 3 is 3.00 bits per heavy atom. The Labute approximate surface area is 158 Å². The number of carbonyl (C=O) groups is 2. The van der Waals surface area contributed by atoms with Crippen molar-refractivity contribution in [3.8, 4) is 0 Å². The number of anilines is 2. The van der Waals surface area contributed by atoms with Crippen LogP contribution in [-0.2, 0) is 17.8 Å². The Morgan fingerprint density at radius 2 is 2.26 bits per heavy atom. The van der Waals surface area contributed by atoms with Gasteiger partial charge >= 0.3 is 0 Å². The summed E-state index contributed by atoms with van der Waals surface area (Å²) in [6.45, 7) is 3.35. The van der Waals surface area contributed by atoms with Crippen molar-refractivity contribution in [2.24, 2.45) is 0 Å². The lowest BCUT2D eigenvalue weighted by atomic mass is 10.2. The van der Waals surface area contributed by atoms with E-state index in [0.717, 1.165) is 23.5 Å². The Kier molecular flexibility index (Phi) is 4.73. The second kappa shape index (κ2) is 7.33. The Hall–Kier alpha value is -2.98. The third-order valence-electron chi connectivity index (χ3n) is 4.08. The van der Waals surface area contributed by atoms with Crippen molar-refractivity contribution in [1.29, 1.82) is 0 Å². The zero-order chi connectivity index (χ0) is 18.8. The molecule has 4 rings (SSSR count). The normalized spacial score (nSPS) is 14.0. The highest BCUT2D eigenvalue weighted by atomic mass is 32.1. The van der Waals surface area contributed by atoms with E-state index in [0.29, 0.717) is 28.8 Å². The van der Waals surface area contributed by atoms with Gasteiger partial charge in [0.15, 0.2) is 10.9 Å². The lowest BCUT2D eigenvalue weighted by Crippen LogP contribution is -2.36. The summed E-state index contributed by atoms with van der Waals surface area (Å²) in [7, 11) is 0. The molecule has 0 spiro atoms. The van der Waals surface area contributed by atoms with Crippen LogP contribution in [0, 0.1) is 6.92 Å². The van der Waals surface area contributed by atoms with Gasteiger partial charge in [0.05, 0.1) is 24.1 Å². The molecule has 27 heavy (non-hydrogen) atoms. The summed E-state index contributed by atoms with van der Waals surface area (Å²) in [4.78, 5) is 31.8. The first kappa shape index (κ1) is 17.4. The molecule has 9 nitrogen and oxygen atoms in total. The van der Waals surface area contributed by atoms with Crippen LogP contribution in [0.2, 0.25) is 0 Å². The van der Waals surface area contributed by atoms with Gasteiger partial charge in [0.2, 0.25) is 5.91 Å². The molecule has 0 bridgehead atoms. The quantitative estimate of drug-likeness (QED) is 0.690. The maximum Gasteiger partial charge on any atom is 0.260 e. The van der Waals surface area contributed by atoms with Gasteiger partial charge in [-0.1, -0.05) is 5.16 Å². The van der Waals surface area contributed by atoms with Crippen LogP contribution in [0.5, 0.6) is 0 Å². The third-order valence-corrected chi connectivity index (χ3v) is 5.07. The minimum atomic E-state index is -0.256. The summed E-state index contributed by atoms with van der Waals surface area (Å²) in [5, 5.41) is 9.81. The molecule has 0 fully saturated rings. The summed E-state index contributed by atoms with van der Waals surface area (Å²) in [6, 6.07) is 3.27. The van der Waals surface area contributed by atoms with Gasteiger partial charge in [-0.15, -0.1) is 11.3 Å². The fourth-order valence-corrected chi connectivity index (χ4v) is 3.86. The Balaban J connectivity index is 1.35. The second-order valence-electron chi connectivity index (χ2n) is 6.19. The minimum absolute atomic E-state index is 0.148. The van der Waals surface area contributed by atoms with Crippen LogP contribution in [0.4, 0.5) is 10.9 Å². The predicted molar refractivity (Wildman–Crippen MR) is 97.6 cm³/mol. The first-order chi connectivity index (χ1) is 13.1. The van der Waals surface area contributed by atoms with E-state index in [9.17, 15) is 9.59 Å². The number of rotatable bonds is 5. The molecular weight excluding hydrogens is 370 g/mol. The van der Waals surface area contributed by atoms with Gasteiger partial charge in [-0.25, -0.2) is 4.98 Å². The lowest BCUT2D eigenvalue weighted by molar-refractivity contribution is -0.117. The van der Waals surface area contributed by atoms with Crippen molar-refractivity contribution in [3.63, 3.8) is 0 Å². The molecule has 3 aromatic rings. The monoisotopic (exact) mass is 387 g/mol. The molecule has 0 unspecified atom stereocenters. The third kappa shape index (κ3) is 4.07. The number of aryl methyl sites for hydroxylation is 1. The summed E-state index contributed by atoms with van der Waals surface area (Å²) in [6.07, 6.45) is 3.56. The van der Waals surface area contributed by atoms with E-state index in [4.69, 9.17) is 8.94 Å². The van der Waals surface area contributed by atoms with Crippen LogP contribution in [0.15, 0.2) is 33.6 Å². The molecule has 4 heterocycles. The first-order valence-corrected chi connectivity index (χ1v) is 9.16. The first-order valence-electron chi connectivity index (χ1n) is 8.34. The van der Waals surface area contributed by atoms with E-state index in [1.165, 1.54) is 23.9 Å². The molecule has 1 aliphatic heterocycles. The molecule has 0 radical (unpaired) electrons. The number of fused-ring (bicyclic) bond motifs is 1. The molecular formula is C17H17N5O4S. The number of thiazole rings is 1. The summed E-state index contributed by atoms with van der Waals surface area (Å²) in [5.41, 5.74) is 1.41. The van der Waals surface area contributed by atoms with Gasteiger partial charge in [0, 0.05) is 30.5 Å². The number of aromatic nitrogens is 2. The van der Waals surface area contributed by atoms with E-state index < -0.39 is 0 Å². The highest BCUT2D eigenvalue weighted by Gasteiger charge is 2.23. The van der Waals surface area contributed by atoms with Gasteiger partial charge in [0.1, 0.15) is 12.0 Å². The Bertz CT molecular complexity index is 962. The highest BCUT2D eigenvalue weighted by Crippen LogP contribution is 2.28. The van der Waals surface area contributed by atoms with Crippen molar-refractivity contribution in [1.82, 2.24) is 15.0 Å². The van der Waals surface area contributed by atoms with Gasteiger partial charge in [-0.05, 0) is 13.0 Å². The standard InChI is InChI=1S/C17H17N5O4S/c1-10-6-14(21-26-10)19-15(23)8-22-4-2-12-13(7-22)27-17(18-12)20-16(24)11-3-5-25-9-11/h3,5-6,9H,2,4,7-8H2,1H3,(H,18,20,24)(H,19,21,23). The van der Waals surface area contributed by atoms with Crippen molar-refractivity contribution in [2.75, 3.05) is 23.7 Å². The maximum absolute atomic E-state index is 12.2. The SMILES string of the molecule is Cc1cc(NC(=O)CN2CCc3nc(NC(=O)c4ccoc4)sc3C2)no1. The summed E-state index contributed by atoms with van der Waals surface area (Å²) >= 11 is 1.42. The summed E-state index contributed by atoms with van der Waals surface area (Å²) in [5.74, 6) is 0.651. The van der Waals surface area contributed by atoms with Gasteiger partial charge in [-0.3, -0.25) is 19.8 Å². The molecule has 0 saturated heterocycles. The smallest absolute Gasteiger partial charge is 0.260 e. The van der Waals surface area contributed by atoms with E-state index >= 15 is 0 Å². The van der Waals surface area contributed by atoms with Crippen LogP contribution in [-0.4, -0.2) is 39.9 Å². The molecule has 1 aliphatic rings. The molecule has 0 saturated carbocycles. The highest BCUT2D eigenvalue weighted by molar-refractivity contribution is 7.15. The van der Waals surface area contributed by atoms with Crippen molar-refractivity contribution in [3.05, 3.63) is 46.6 Å². The topological polar surface area (TPSA) is 114 Å². The second-order valence-corrected chi connectivity index (χ2v) is 7.27. The fourth-order valence-electron chi connectivity index (χ4n) is 2.81. The zero-order valence-electron chi connectivity index (χ0n) is 14.5. The molecule has 0 aliphatic carbocycles. The van der Waals surface area contributed by atoms with E-state index in [2.05, 4.69) is 20.8 Å². The van der Waals surface area contributed by atoms with Crippen LogP contribution in [0.25, 0.3) is 0 Å². The number of hydrogen-bond donors (Lipinski definition) is 2. The predicted octanol–water partition coefficient (Wildman–Crippen LogP) is 2.28. The molecule has 10 heteroatoms. The number of amides is 2. The van der Waals surface area contributed by atoms with Crippen molar-refractivity contribution in [2.45, 2.75) is 19.9 Å². The van der Waals surface area contributed by atoms with Gasteiger partial charge < -0.3 is 14.3 Å². The molecule has 140 valence electrons. The van der Waals surface area contributed by atoms with Crippen LogP contribution < -0.4 is 10.6 Å². The molecule has 2 amide bonds.